The van der Waals surface area contributed by atoms with Crippen LogP contribution in [-0.2, 0) is 0 Å². The lowest BCUT2D eigenvalue weighted by Gasteiger charge is -2.06. The van der Waals surface area contributed by atoms with Gasteiger partial charge >= 0.3 is 0 Å². The molecule has 0 atom stereocenters. The first-order valence-electron chi connectivity index (χ1n) is 6.62. The van der Waals surface area contributed by atoms with E-state index in [0.717, 1.165) is 11.1 Å². The molecule has 3 aromatic rings. The predicted octanol–water partition coefficient (Wildman–Crippen LogP) is 3.20. The summed E-state index contributed by atoms with van der Waals surface area (Å²) in [6.07, 6.45) is 3.09. The van der Waals surface area contributed by atoms with Crippen LogP contribution in [0, 0.1) is 6.92 Å². The van der Waals surface area contributed by atoms with Crippen LogP contribution in [0.2, 0.25) is 5.02 Å². The van der Waals surface area contributed by atoms with Gasteiger partial charge in [0.2, 0.25) is 0 Å². The Bertz CT molecular complexity index is 843. The highest BCUT2D eigenvalue weighted by Gasteiger charge is 2.17. The second-order valence-corrected chi connectivity index (χ2v) is 5.33. The molecule has 0 radical (unpaired) electrons. The molecule has 22 heavy (non-hydrogen) atoms. The maximum Gasteiger partial charge on any atom is 0.250 e. The molecule has 1 aromatic carbocycles. The molecule has 0 fully saturated rings. The van der Waals surface area contributed by atoms with Crippen LogP contribution < -0.4 is 5.73 Å². The molecule has 2 aromatic heterocycles. The van der Waals surface area contributed by atoms with Crippen LogP contribution in [-0.4, -0.2) is 20.9 Å². The van der Waals surface area contributed by atoms with E-state index in [4.69, 9.17) is 17.3 Å². The Kier molecular flexibility index (Phi) is 3.65. The van der Waals surface area contributed by atoms with E-state index < -0.39 is 5.91 Å². The van der Waals surface area contributed by atoms with E-state index in [-0.39, 0.29) is 0 Å². The zero-order chi connectivity index (χ0) is 15.7. The number of rotatable bonds is 3. The van der Waals surface area contributed by atoms with Gasteiger partial charge in [-0.05, 0) is 36.8 Å². The molecular weight excluding hydrogens is 300 g/mol. The summed E-state index contributed by atoms with van der Waals surface area (Å²) in [7, 11) is 0. The van der Waals surface area contributed by atoms with E-state index in [1.165, 1.54) is 6.33 Å². The van der Waals surface area contributed by atoms with Crippen molar-refractivity contribution in [1.29, 1.82) is 0 Å². The van der Waals surface area contributed by atoms with Gasteiger partial charge in [-0.1, -0.05) is 17.7 Å². The van der Waals surface area contributed by atoms with E-state index in [1.54, 1.807) is 30.5 Å². The third-order valence-corrected chi connectivity index (χ3v) is 3.65. The van der Waals surface area contributed by atoms with Gasteiger partial charge in [0.15, 0.2) is 0 Å². The molecule has 3 N–H and O–H groups in total. The highest BCUT2D eigenvalue weighted by Crippen LogP contribution is 2.31. The molecule has 0 aliphatic heterocycles. The SMILES string of the molecule is Cc1ccc(Cl)cc1-c1[nH]c(-c2ccncn2)cc1C(N)=O. The first-order valence-corrected chi connectivity index (χ1v) is 7.00. The van der Waals surface area contributed by atoms with Crippen molar-refractivity contribution in [3.63, 3.8) is 0 Å². The van der Waals surface area contributed by atoms with E-state index in [9.17, 15) is 4.79 Å². The van der Waals surface area contributed by atoms with Crippen molar-refractivity contribution in [2.45, 2.75) is 6.92 Å². The molecule has 5 nitrogen and oxygen atoms in total. The summed E-state index contributed by atoms with van der Waals surface area (Å²) in [5.74, 6) is -0.508. The third-order valence-electron chi connectivity index (χ3n) is 3.41. The summed E-state index contributed by atoms with van der Waals surface area (Å²) in [6, 6.07) is 8.96. The Morgan fingerprint density at radius 2 is 2.09 bits per heavy atom. The van der Waals surface area contributed by atoms with Gasteiger partial charge in [-0.2, -0.15) is 0 Å². The number of H-pyrrole nitrogens is 1. The quantitative estimate of drug-likeness (QED) is 0.778. The molecule has 1 amide bonds. The van der Waals surface area contributed by atoms with E-state index in [2.05, 4.69) is 15.0 Å². The first kappa shape index (κ1) is 14.3. The summed E-state index contributed by atoms with van der Waals surface area (Å²) >= 11 is 6.07. The van der Waals surface area contributed by atoms with Gasteiger partial charge < -0.3 is 10.7 Å². The van der Waals surface area contributed by atoms with Gasteiger partial charge in [-0.3, -0.25) is 4.79 Å². The maximum atomic E-state index is 11.8. The van der Waals surface area contributed by atoms with Crippen molar-refractivity contribution in [1.82, 2.24) is 15.0 Å². The third kappa shape index (κ3) is 2.58. The van der Waals surface area contributed by atoms with Crippen molar-refractivity contribution in [2.24, 2.45) is 5.73 Å². The molecule has 110 valence electrons. The molecule has 0 saturated carbocycles. The topological polar surface area (TPSA) is 84.7 Å². The van der Waals surface area contributed by atoms with Gasteiger partial charge in [0, 0.05) is 16.8 Å². The molecule has 3 rings (SSSR count). The smallest absolute Gasteiger partial charge is 0.250 e. The summed E-state index contributed by atoms with van der Waals surface area (Å²) in [5, 5.41) is 0.592. The average molecular weight is 313 g/mol. The van der Waals surface area contributed by atoms with Gasteiger partial charge in [0.25, 0.3) is 5.91 Å². The number of carbonyl (C=O) groups is 1. The minimum Gasteiger partial charge on any atom is -0.366 e. The highest BCUT2D eigenvalue weighted by atomic mass is 35.5. The Labute approximate surface area is 132 Å². The normalized spacial score (nSPS) is 10.6. The predicted molar refractivity (Wildman–Crippen MR) is 85.5 cm³/mol. The molecule has 2 heterocycles. The molecule has 0 aliphatic rings. The Balaban J connectivity index is 2.21. The van der Waals surface area contributed by atoms with Crippen molar-refractivity contribution >= 4 is 17.5 Å². The number of aromatic amines is 1. The number of nitrogens with one attached hydrogen (secondary N) is 1. The first-order chi connectivity index (χ1) is 10.6. The standard InChI is InChI=1S/C16H13ClN4O/c1-9-2-3-10(17)6-11(9)15-12(16(18)22)7-14(21-15)13-4-5-19-8-20-13/h2-8,21H,1H3,(H2,18,22). The summed E-state index contributed by atoms with van der Waals surface area (Å²) in [4.78, 5) is 23.0. The van der Waals surface area contributed by atoms with Crippen LogP contribution in [0.5, 0.6) is 0 Å². The fourth-order valence-corrected chi connectivity index (χ4v) is 2.48. The number of benzene rings is 1. The minimum absolute atomic E-state index is 0.402. The molecule has 0 saturated heterocycles. The van der Waals surface area contributed by atoms with Crippen molar-refractivity contribution in [2.75, 3.05) is 0 Å². The molecule has 0 bridgehead atoms. The number of amides is 1. The van der Waals surface area contributed by atoms with Gasteiger partial charge in [0.05, 0.1) is 22.6 Å². The van der Waals surface area contributed by atoms with Crippen molar-refractivity contribution in [3.05, 3.63) is 59.0 Å². The number of hydrogen-bond acceptors (Lipinski definition) is 3. The highest BCUT2D eigenvalue weighted by molar-refractivity contribution is 6.31. The lowest BCUT2D eigenvalue weighted by Crippen LogP contribution is -2.11. The number of nitrogens with two attached hydrogens (primary N) is 1. The monoisotopic (exact) mass is 312 g/mol. The van der Waals surface area contributed by atoms with Crippen molar-refractivity contribution in [3.8, 4) is 22.6 Å². The van der Waals surface area contributed by atoms with Crippen LogP contribution >= 0.6 is 11.6 Å². The van der Waals surface area contributed by atoms with Crippen molar-refractivity contribution < 1.29 is 4.79 Å². The lowest BCUT2D eigenvalue weighted by atomic mass is 10.0. The zero-order valence-electron chi connectivity index (χ0n) is 11.8. The van der Waals surface area contributed by atoms with Crippen LogP contribution in [0.4, 0.5) is 0 Å². The van der Waals surface area contributed by atoms with Crippen LogP contribution in [0.1, 0.15) is 15.9 Å². The number of primary amides is 1. The van der Waals surface area contributed by atoms with Gasteiger partial charge in [-0.25, -0.2) is 9.97 Å². The summed E-state index contributed by atoms with van der Waals surface area (Å²) in [5.41, 5.74) is 9.76. The number of halogens is 1. The molecular formula is C16H13ClN4O. The van der Waals surface area contributed by atoms with Gasteiger partial charge in [-0.15, -0.1) is 0 Å². The molecule has 6 heteroatoms. The van der Waals surface area contributed by atoms with E-state index in [1.807, 2.05) is 13.0 Å². The fraction of sp³-hybridized carbons (Fsp3) is 0.0625. The maximum absolute atomic E-state index is 11.8. The number of nitrogens with zero attached hydrogens (tertiary/aromatic N) is 2. The van der Waals surface area contributed by atoms with Crippen LogP contribution in [0.15, 0.2) is 42.9 Å². The summed E-state index contributed by atoms with van der Waals surface area (Å²) < 4.78 is 0. The molecule has 0 spiro atoms. The number of aryl methyl sites for hydroxylation is 1. The lowest BCUT2D eigenvalue weighted by molar-refractivity contribution is 0.100. The minimum atomic E-state index is -0.508. The number of hydrogen-bond donors (Lipinski definition) is 2. The van der Waals surface area contributed by atoms with Crippen LogP contribution in [0.25, 0.3) is 22.6 Å². The average Bonchev–Trinajstić information content (AvgIpc) is 2.96. The Morgan fingerprint density at radius 3 is 2.77 bits per heavy atom. The summed E-state index contributed by atoms with van der Waals surface area (Å²) in [6.45, 7) is 1.95. The number of carbonyl (C=O) groups excluding carboxylic acids is 1. The van der Waals surface area contributed by atoms with E-state index in [0.29, 0.717) is 27.7 Å². The Hall–Kier alpha value is -2.66. The Morgan fingerprint density at radius 1 is 1.27 bits per heavy atom. The van der Waals surface area contributed by atoms with Gasteiger partial charge in [0.1, 0.15) is 6.33 Å². The number of aromatic nitrogens is 3. The molecule has 0 aliphatic carbocycles. The van der Waals surface area contributed by atoms with Crippen LogP contribution in [0.3, 0.4) is 0 Å². The second kappa shape index (κ2) is 5.61. The zero-order valence-corrected chi connectivity index (χ0v) is 12.6. The molecule has 0 unspecified atom stereocenters. The second-order valence-electron chi connectivity index (χ2n) is 4.89. The van der Waals surface area contributed by atoms with E-state index >= 15 is 0 Å². The fourth-order valence-electron chi connectivity index (χ4n) is 2.31. The largest absolute Gasteiger partial charge is 0.366 e.